The summed E-state index contributed by atoms with van der Waals surface area (Å²) in [6, 6.07) is 5.72. The largest absolute Gasteiger partial charge is 0.381 e. The van der Waals surface area contributed by atoms with Gasteiger partial charge in [-0.25, -0.2) is 8.42 Å². The van der Waals surface area contributed by atoms with Crippen LogP contribution in [0.25, 0.3) is 0 Å². The van der Waals surface area contributed by atoms with Gasteiger partial charge in [-0.3, -0.25) is 4.79 Å². The molecule has 166 valence electrons. The SMILES string of the molecule is COC1CCC(C(=O)N2CC[C@@]3(C)c4cccc(S(C)(=O)=O)c4C[C@@H]2C3(C)C)CC1. The lowest BCUT2D eigenvalue weighted by atomic mass is 9.51. The molecule has 0 spiro atoms. The van der Waals surface area contributed by atoms with Crippen LogP contribution in [0.2, 0.25) is 0 Å². The number of nitrogens with zero attached hydrogens (tertiary/aromatic N) is 1. The monoisotopic (exact) mass is 433 g/mol. The minimum absolute atomic E-state index is 0.0132. The van der Waals surface area contributed by atoms with Crippen molar-refractivity contribution in [2.45, 2.75) is 81.8 Å². The predicted octanol–water partition coefficient (Wildman–Crippen LogP) is 3.74. The highest BCUT2D eigenvalue weighted by atomic mass is 32.2. The summed E-state index contributed by atoms with van der Waals surface area (Å²) in [5.74, 6) is 0.313. The highest BCUT2D eigenvalue weighted by Crippen LogP contribution is 2.57. The number of likely N-dealkylation sites (tertiary alicyclic amines) is 1. The number of fused-ring (bicyclic) bond motifs is 4. The van der Waals surface area contributed by atoms with E-state index < -0.39 is 9.84 Å². The van der Waals surface area contributed by atoms with Gasteiger partial charge in [0, 0.05) is 37.3 Å². The summed E-state index contributed by atoms with van der Waals surface area (Å²) in [6.45, 7) is 7.52. The van der Waals surface area contributed by atoms with E-state index in [0.717, 1.165) is 49.8 Å². The Hall–Kier alpha value is -1.40. The van der Waals surface area contributed by atoms with Gasteiger partial charge in [0.2, 0.25) is 5.91 Å². The molecule has 1 aromatic carbocycles. The van der Waals surface area contributed by atoms with Crippen LogP contribution in [0.4, 0.5) is 0 Å². The molecule has 2 bridgehead atoms. The molecule has 1 heterocycles. The highest BCUT2D eigenvalue weighted by molar-refractivity contribution is 7.90. The topological polar surface area (TPSA) is 63.7 Å². The second kappa shape index (κ2) is 7.33. The second-order valence-electron chi connectivity index (χ2n) is 10.3. The summed E-state index contributed by atoms with van der Waals surface area (Å²) in [4.78, 5) is 16.1. The van der Waals surface area contributed by atoms with Crippen molar-refractivity contribution in [1.82, 2.24) is 4.90 Å². The fraction of sp³-hybridized carbons (Fsp3) is 0.708. The van der Waals surface area contributed by atoms with Gasteiger partial charge >= 0.3 is 0 Å². The van der Waals surface area contributed by atoms with Crippen molar-refractivity contribution in [2.75, 3.05) is 19.9 Å². The van der Waals surface area contributed by atoms with Gasteiger partial charge in [-0.1, -0.05) is 32.9 Å². The number of piperidine rings is 1. The first-order chi connectivity index (χ1) is 14.0. The van der Waals surface area contributed by atoms with Gasteiger partial charge in [0.25, 0.3) is 0 Å². The van der Waals surface area contributed by atoms with E-state index in [4.69, 9.17) is 4.74 Å². The molecule has 1 aromatic rings. The molecule has 2 fully saturated rings. The van der Waals surface area contributed by atoms with Crippen molar-refractivity contribution in [1.29, 1.82) is 0 Å². The lowest BCUT2D eigenvalue weighted by Gasteiger charge is -2.61. The third-order valence-electron chi connectivity index (χ3n) is 8.65. The molecule has 0 unspecified atom stereocenters. The maximum absolute atomic E-state index is 13.6. The van der Waals surface area contributed by atoms with Crippen molar-refractivity contribution in [3.8, 4) is 0 Å². The molecule has 1 aliphatic heterocycles. The molecule has 6 heteroatoms. The molecule has 0 radical (unpaired) electrons. The number of ether oxygens (including phenoxy) is 1. The van der Waals surface area contributed by atoms with Crippen LogP contribution in [0, 0.1) is 11.3 Å². The molecular weight excluding hydrogens is 398 g/mol. The Morgan fingerprint density at radius 2 is 1.80 bits per heavy atom. The number of hydrogen-bond donors (Lipinski definition) is 0. The number of methoxy groups -OCH3 is 1. The lowest BCUT2D eigenvalue weighted by Crippen LogP contribution is -2.65. The number of benzene rings is 1. The first-order valence-corrected chi connectivity index (χ1v) is 13.1. The zero-order valence-electron chi connectivity index (χ0n) is 18.9. The Labute approximate surface area is 181 Å². The van der Waals surface area contributed by atoms with Crippen LogP contribution in [-0.4, -0.2) is 51.3 Å². The summed E-state index contributed by atoms with van der Waals surface area (Å²) in [5, 5.41) is 0. The molecule has 1 saturated heterocycles. The van der Waals surface area contributed by atoms with Gasteiger partial charge in [0.1, 0.15) is 0 Å². The summed E-state index contributed by atoms with van der Waals surface area (Å²) >= 11 is 0. The van der Waals surface area contributed by atoms with Crippen molar-refractivity contribution in [3.63, 3.8) is 0 Å². The molecule has 4 rings (SSSR count). The lowest BCUT2D eigenvalue weighted by molar-refractivity contribution is -0.150. The molecule has 30 heavy (non-hydrogen) atoms. The Balaban J connectivity index is 1.71. The van der Waals surface area contributed by atoms with Crippen LogP contribution in [0.3, 0.4) is 0 Å². The van der Waals surface area contributed by atoms with E-state index in [1.54, 1.807) is 13.2 Å². The molecular formula is C24H35NO4S. The maximum Gasteiger partial charge on any atom is 0.225 e. The summed E-state index contributed by atoms with van der Waals surface area (Å²) < 4.78 is 30.5. The van der Waals surface area contributed by atoms with Crippen LogP contribution in [0.5, 0.6) is 0 Å². The number of carbonyl (C=O) groups is 1. The average molecular weight is 434 g/mol. The van der Waals surface area contributed by atoms with E-state index in [0.29, 0.717) is 11.3 Å². The van der Waals surface area contributed by atoms with Gasteiger partial charge < -0.3 is 9.64 Å². The average Bonchev–Trinajstić information content (AvgIpc) is 2.69. The van der Waals surface area contributed by atoms with Crippen LogP contribution in [0.1, 0.15) is 64.0 Å². The summed E-state index contributed by atoms with van der Waals surface area (Å²) in [6.07, 6.45) is 6.66. The normalized spacial score (nSPS) is 33.1. The first-order valence-electron chi connectivity index (χ1n) is 11.2. The van der Waals surface area contributed by atoms with Crippen molar-refractivity contribution >= 4 is 15.7 Å². The van der Waals surface area contributed by atoms with Crippen LogP contribution < -0.4 is 0 Å². The van der Waals surface area contributed by atoms with Gasteiger partial charge in [-0.15, -0.1) is 0 Å². The maximum atomic E-state index is 13.6. The molecule has 2 atom stereocenters. The zero-order chi connectivity index (χ0) is 21.9. The fourth-order valence-corrected chi connectivity index (χ4v) is 7.27. The van der Waals surface area contributed by atoms with E-state index in [-0.39, 0.29) is 34.8 Å². The van der Waals surface area contributed by atoms with Crippen molar-refractivity contribution in [2.24, 2.45) is 11.3 Å². The molecule has 2 aliphatic carbocycles. The fourth-order valence-electron chi connectivity index (χ4n) is 6.30. The third kappa shape index (κ3) is 3.22. The second-order valence-corrected chi connectivity index (χ2v) is 12.3. The standard InChI is InChI=1S/C24H35NO4S/c1-23(2)21-15-18-19(7-6-8-20(18)30(5,27)28)24(23,3)13-14-25(21)22(26)16-9-11-17(29-4)12-10-16/h6-8,16-17,21H,9-15H2,1-5H3/t16?,17?,21-,24+/m1/s1. The number of carbonyl (C=O) groups excluding carboxylic acids is 1. The van der Waals surface area contributed by atoms with Gasteiger partial charge in [0.05, 0.1) is 11.0 Å². The van der Waals surface area contributed by atoms with Crippen molar-refractivity contribution < 1.29 is 17.9 Å². The third-order valence-corrected chi connectivity index (χ3v) is 9.83. The quantitative estimate of drug-likeness (QED) is 0.729. The van der Waals surface area contributed by atoms with E-state index in [2.05, 4.69) is 31.7 Å². The minimum atomic E-state index is -3.32. The Morgan fingerprint density at radius 1 is 1.13 bits per heavy atom. The van der Waals surface area contributed by atoms with Gasteiger partial charge in [0.15, 0.2) is 9.84 Å². The van der Waals surface area contributed by atoms with E-state index in [9.17, 15) is 13.2 Å². The number of sulfone groups is 1. The number of rotatable bonds is 3. The van der Waals surface area contributed by atoms with Crippen LogP contribution in [-0.2, 0) is 31.2 Å². The Morgan fingerprint density at radius 3 is 2.40 bits per heavy atom. The Bertz CT molecular complexity index is 946. The van der Waals surface area contributed by atoms with Crippen LogP contribution >= 0.6 is 0 Å². The highest BCUT2D eigenvalue weighted by Gasteiger charge is 2.57. The summed E-state index contributed by atoms with van der Waals surface area (Å²) in [5.41, 5.74) is 1.79. The Kier molecular flexibility index (Phi) is 5.33. The van der Waals surface area contributed by atoms with Gasteiger partial charge in [-0.05, 0) is 61.1 Å². The molecule has 5 nitrogen and oxygen atoms in total. The zero-order valence-corrected chi connectivity index (χ0v) is 19.7. The van der Waals surface area contributed by atoms with E-state index in [1.165, 1.54) is 6.26 Å². The minimum Gasteiger partial charge on any atom is -0.381 e. The van der Waals surface area contributed by atoms with Crippen molar-refractivity contribution in [3.05, 3.63) is 29.3 Å². The van der Waals surface area contributed by atoms with Gasteiger partial charge in [-0.2, -0.15) is 0 Å². The van der Waals surface area contributed by atoms with E-state index >= 15 is 0 Å². The summed E-state index contributed by atoms with van der Waals surface area (Å²) in [7, 11) is -1.57. The predicted molar refractivity (Wildman–Crippen MR) is 117 cm³/mol. The first kappa shape index (κ1) is 21.8. The smallest absolute Gasteiger partial charge is 0.225 e. The molecule has 0 N–H and O–H groups in total. The molecule has 0 aromatic heterocycles. The van der Waals surface area contributed by atoms with E-state index in [1.807, 2.05) is 6.07 Å². The number of amides is 1. The molecule has 3 aliphatic rings. The molecule has 1 saturated carbocycles. The number of hydrogen-bond acceptors (Lipinski definition) is 4. The molecule has 1 amide bonds. The van der Waals surface area contributed by atoms with Crippen LogP contribution in [0.15, 0.2) is 23.1 Å².